The first-order valence-electron chi connectivity index (χ1n) is 6.38. The van der Waals surface area contributed by atoms with E-state index < -0.39 is 0 Å². The highest BCUT2D eigenvalue weighted by molar-refractivity contribution is 6.30. The van der Waals surface area contributed by atoms with E-state index in [0.29, 0.717) is 29.0 Å². The van der Waals surface area contributed by atoms with E-state index in [-0.39, 0.29) is 0 Å². The monoisotopic (exact) mass is 292 g/mol. The Morgan fingerprint density at radius 3 is 2.90 bits per heavy atom. The number of halogens is 1. The molecular formula is C14H17ClN4O. The van der Waals surface area contributed by atoms with E-state index in [4.69, 9.17) is 22.1 Å². The van der Waals surface area contributed by atoms with Gasteiger partial charge >= 0.3 is 0 Å². The van der Waals surface area contributed by atoms with Crippen LogP contribution in [0.2, 0.25) is 5.02 Å². The SMILES string of the molecule is CCCOc1ncnc(Nc2cc(Cl)ccc2C)c1N. The van der Waals surface area contributed by atoms with Crippen molar-refractivity contribution in [1.29, 1.82) is 0 Å². The molecule has 0 atom stereocenters. The highest BCUT2D eigenvalue weighted by atomic mass is 35.5. The Hall–Kier alpha value is -2.01. The van der Waals surface area contributed by atoms with Gasteiger partial charge in [0.15, 0.2) is 5.82 Å². The number of aryl methyl sites for hydroxylation is 1. The molecule has 3 N–H and O–H groups in total. The number of anilines is 3. The minimum absolute atomic E-state index is 0.389. The maximum absolute atomic E-state index is 6.01. The second-order valence-electron chi connectivity index (χ2n) is 4.37. The van der Waals surface area contributed by atoms with Gasteiger partial charge < -0.3 is 15.8 Å². The summed E-state index contributed by atoms with van der Waals surface area (Å²) in [6.07, 6.45) is 2.31. The van der Waals surface area contributed by atoms with E-state index >= 15 is 0 Å². The summed E-state index contributed by atoms with van der Waals surface area (Å²) in [5, 5.41) is 3.80. The minimum atomic E-state index is 0.389. The third-order valence-corrected chi connectivity index (χ3v) is 2.98. The van der Waals surface area contributed by atoms with E-state index in [0.717, 1.165) is 17.7 Å². The summed E-state index contributed by atoms with van der Waals surface area (Å²) >= 11 is 5.99. The van der Waals surface area contributed by atoms with Crippen LogP contribution in [0.1, 0.15) is 18.9 Å². The van der Waals surface area contributed by atoms with Gasteiger partial charge in [-0.3, -0.25) is 0 Å². The Labute approximate surface area is 123 Å². The average Bonchev–Trinajstić information content (AvgIpc) is 2.44. The first kappa shape index (κ1) is 14.4. The highest BCUT2D eigenvalue weighted by Gasteiger charge is 2.10. The number of aromatic nitrogens is 2. The minimum Gasteiger partial charge on any atom is -0.476 e. The Morgan fingerprint density at radius 2 is 2.15 bits per heavy atom. The predicted octanol–water partition coefficient (Wildman–Crippen LogP) is 3.55. The number of nitrogens with one attached hydrogen (secondary N) is 1. The van der Waals surface area contributed by atoms with E-state index in [9.17, 15) is 0 Å². The van der Waals surface area contributed by atoms with Crippen molar-refractivity contribution in [2.45, 2.75) is 20.3 Å². The van der Waals surface area contributed by atoms with E-state index in [1.54, 1.807) is 0 Å². The molecule has 0 radical (unpaired) electrons. The van der Waals surface area contributed by atoms with Crippen LogP contribution in [0.5, 0.6) is 5.88 Å². The van der Waals surface area contributed by atoms with Gasteiger partial charge in [-0.25, -0.2) is 4.98 Å². The summed E-state index contributed by atoms with van der Waals surface area (Å²) in [6, 6.07) is 5.59. The van der Waals surface area contributed by atoms with Gasteiger partial charge in [0, 0.05) is 10.7 Å². The molecule has 1 heterocycles. The number of hydrogen-bond acceptors (Lipinski definition) is 5. The Morgan fingerprint density at radius 1 is 1.35 bits per heavy atom. The zero-order valence-electron chi connectivity index (χ0n) is 11.5. The lowest BCUT2D eigenvalue weighted by atomic mass is 10.2. The Balaban J connectivity index is 2.27. The molecule has 1 aromatic heterocycles. The van der Waals surface area contributed by atoms with Crippen molar-refractivity contribution >= 4 is 28.8 Å². The fraction of sp³-hybridized carbons (Fsp3) is 0.286. The van der Waals surface area contributed by atoms with Gasteiger partial charge in [0.2, 0.25) is 5.88 Å². The fourth-order valence-electron chi connectivity index (χ4n) is 1.65. The molecule has 0 spiro atoms. The van der Waals surface area contributed by atoms with Gasteiger partial charge in [-0.15, -0.1) is 0 Å². The standard InChI is InChI=1S/C14H17ClN4O/c1-3-6-20-14-12(16)13(17-8-18-14)19-11-7-10(15)5-4-9(11)2/h4-5,7-8H,3,6,16H2,1-2H3,(H,17,18,19). The number of benzene rings is 1. The molecule has 0 amide bonds. The Kier molecular flexibility index (Phi) is 4.63. The van der Waals surface area contributed by atoms with Crippen molar-refractivity contribution in [3.05, 3.63) is 35.1 Å². The molecule has 2 rings (SSSR count). The second kappa shape index (κ2) is 6.43. The summed E-state index contributed by atoms with van der Waals surface area (Å²) in [5.74, 6) is 0.903. The largest absolute Gasteiger partial charge is 0.476 e. The van der Waals surface area contributed by atoms with Gasteiger partial charge in [0.1, 0.15) is 12.0 Å². The number of nitrogens with two attached hydrogens (primary N) is 1. The van der Waals surface area contributed by atoms with Gasteiger partial charge in [-0.1, -0.05) is 24.6 Å². The molecule has 0 fully saturated rings. The van der Waals surface area contributed by atoms with Gasteiger partial charge in [-0.2, -0.15) is 4.98 Å². The molecule has 1 aromatic carbocycles. The van der Waals surface area contributed by atoms with Gasteiger partial charge in [0.25, 0.3) is 0 Å². The third-order valence-electron chi connectivity index (χ3n) is 2.74. The molecule has 0 bridgehead atoms. The highest BCUT2D eigenvalue weighted by Crippen LogP contribution is 2.29. The summed E-state index contributed by atoms with van der Waals surface area (Å²) in [7, 11) is 0. The first-order chi connectivity index (χ1) is 9.61. The van der Waals surface area contributed by atoms with E-state index in [1.165, 1.54) is 6.33 Å². The molecule has 0 unspecified atom stereocenters. The quantitative estimate of drug-likeness (QED) is 0.881. The van der Waals surface area contributed by atoms with Crippen LogP contribution in [-0.2, 0) is 0 Å². The van der Waals surface area contributed by atoms with Crippen LogP contribution in [0.3, 0.4) is 0 Å². The molecule has 0 aliphatic carbocycles. The maximum atomic E-state index is 6.01. The van der Waals surface area contributed by atoms with Crippen LogP contribution >= 0.6 is 11.6 Å². The number of hydrogen-bond donors (Lipinski definition) is 2. The van der Waals surface area contributed by atoms with Crippen LogP contribution in [-0.4, -0.2) is 16.6 Å². The zero-order valence-corrected chi connectivity index (χ0v) is 12.2. The lowest BCUT2D eigenvalue weighted by molar-refractivity contribution is 0.307. The number of ether oxygens (including phenoxy) is 1. The van der Waals surface area contributed by atoms with Crippen molar-refractivity contribution in [2.75, 3.05) is 17.7 Å². The Bertz CT molecular complexity index is 604. The fourth-order valence-corrected chi connectivity index (χ4v) is 1.82. The van der Waals surface area contributed by atoms with Crippen molar-refractivity contribution in [3.8, 4) is 5.88 Å². The molecule has 106 valence electrons. The van der Waals surface area contributed by atoms with Crippen molar-refractivity contribution in [1.82, 2.24) is 9.97 Å². The summed E-state index contributed by atoms with van der Waals surface area (Å²) in [6.45, 7) is 4.56. The smallest absolute Gasteiger partial charge is 0.242 e. The molecule has 0 aliphatic heterocycles. The van der Waals surface area contributed by atoms with Crippen LogP contribution in [0, 0.1) is 6.92 Å². The average molecular weight is 293 g/mol. The second-order valence-corrected chi connectivity index (χ2v) is 4.81. The maximum Gasteiger partial charge on any atom is 0.242 e. The van der Waals surface area contributed by atoms with Gasteiger partial charge in [-0.05, 0) is 31.0 Å². The molecule has 0 aliphatic rings. The molecule has 6 heteroatoms. The van der Waals surface area contributed by atoms with Crippen LogP contribution in [0.4, 0.5) is 17.2 Å². The van der Waals surface area contributed by atoms with Crippen LogP contribution in [0.15, 0.2) is 24.5 Å². The summed E-state index contributed by atoms with van der Waals surface area (Å²) in [4.78, 5) is 8.18. The normalized spacial score (nSPS) is 10.3. The lowest BCUT2D eigenvalue weighted by Crippen LogP contribution is -2.06. The molecule has 2 aromatic rings. The van der Waals surface area contributed by atoms with Crippen LogP contribution in [0.25, 0.3) is 0 Å². The molecule has 0 saturated carbocycles. The zero-order chi connectivity index (χ0) is 14.5. The molecule has 0 saturated heterocycles. The van der Waals surface area contributed by atoms with E-state index in [2.05, 4.69) is 15.3 Å². The van der Waals surface area contributed by atoms with Gasteiger partial charge in [0.05, 0.1) is 6.61 Å². The first-order valence-corrected chi connectivity index (χ1v) is 6.76. The van der Waals surface area contributed by atoms with Crippen molar-refractivity contribution in [3.63, 3.8) is 0 Å². The van der Waals surface area contributed by atoms with Crippen LogP contribution < -0.4 is 15.8 Å². The topological polar surface area (TPSA) is 73.1 Å². The van der Waals surface area contributed by atoms with E-state index in [1.807, 2.05) is 32.0 Å². The number of rotatable bonds is 5. The predicted molar refractivity (Wildman–Crippen MR) is 81.7 cm³/mol. The molecule has 5 nitrogen and oxygen atoms in total. The molecule has 20 heavy (non-hydrogen) atoms. The third kappa shape index (κ3) is 3.30. The molecular weight excluding hydrogens is 276 g/mol. The van der Waals surface area contributed by atoms with Crippen molar-refractivity contribution < 1.29 is 4.74 Å². The number of nitrogens with zero attached hydrogens (tertiary/aromatic N) is 2. The number of nitrogen functional groups attached to an aromatic ring is 1. The van der Waals surface area contributed by atoms with Crippen molar-refractivity contribution in [2.24, 2.45) is 0 Å². The summed E-state index contributed by atoms with van der Waals surface area (Å²) < 4.78 is 5.48. The summed E-state index contributed by atoms with van der Waals surface area (Å²) in [5.41, 5.74) is 8.30. The lowest BCUT2D eigenvalue weighted by Gasteiger charge is -2.13.